The molecule has 13 heavy (non-hydrogen) atoms. The van der Waals surface area contributed by atoms with Crippen LogP contribution in [0, 0.1) is 0 Å². The van der Waals surface area contributed by atoms with E-state index < -0.39 is 0 Å². The van der Waals surface area contributed by atoms with Crippen LogP contribution in [0.1, 0.15) is 25.7 Å². The highest BCUT2D eigenvalue weighted by Gasteiger charge is 2.38. The number of hydrogen-bond acceptors (Lipinski definition) is 2. The Hall–Kier alpha value is 0.390. The van der Waals surface area contributed by atoms with Crippen molar-refractivity contribution in [3.63, 3.8) is 0 Å². The van der Waals surface area contributed by atoms with E-state index in [9.17, 15) is 0 Å². The molecule has 2 aliphatic rings. The first-order valence-corrected chi connectivity index (χ1v) is 6.37. The summed E-state index contributed by atoms with van der Waals surface area (Å²) in [5.74, 6) is 0. The lowest BCUT2D eigenvalue weighted by Gasteiger charge is -2.41. The van der Waals surface area contributed by atoms with Crippen LogP contribution in [0.3, 0.4) is 0 Å². The number of allylic oxidation sites excluding steroid dienone is 1. The topological polar surface area (TPSA) is 18.5 Å². The predicted molar refractivity (Wildman–Crippen MR) is 60.1 cm³/mol. The number of rotatable bonds is 2. The molecule has 0 unspecified atom stereocenters. The van der Waals surface area contributed by atoms with Gasteiger partial charge in [-0.15, -0.1) is 0 Å². The standard InChI is InChI=1S/C10H15IO2/c11-6-5-10-4-2-1-3-9(10)7-12-8-13-10/h3H,1-2,4-8H2/t10-/m1/s1. The van der Waals surface area contributed by atoms with E-state index in [1.165, 1.54) is 24.8 Å². The molecular formula is C10H15IO2. The van der Waals surface area contributed by atoms with Crippen molar-refractivity contribution < 1.29 is 9.47 Å². The number of halogens is 1. The van der Waals surface area contributed by atoms with Crippen LogP contribution in [-0.2, 0) is 9.47 Å². The maximum atomic E-state index is 5.81. The summed E-state index contributed by atoms with van der Waals surface area (Å²) < 4.78 is 12.3. The Morgan fingerprint density at radius 2 is 2.46 bits per heavy atom. The van der Waals surface area contributed by atoms with Gasteiger partial charge in [0, 0.05) is 4.43 Å². The highest BCUT2D eigenvalue weighted by atomic mass is 127. The molecule has 0 aromatic rings. The molecular weight excluding hydrogens is 279 g/mol. The van der Waals surface area contributed by atoms with Crippen molar-refractivity contribution in [1.82, 2.24) is 0 Å². The number of ether oxygens (including phenoxy) is 2. The highest BCUT2D eigenvalue weighted by Crippen LogP contribution is 2.38. The molecule has 1 atom stereocenters. The molecule has 1 saturated heterocycles. The molecule has 1 fully saturated rings. The molecule has 2 rings (SSSR count). The number of hydrogen-bond donors (Lipinski definition) is 0. The van der Waals surface area contributed by atoms with Crippen LogP contribution in [0.4, 0.5) is 0 Å². The summed E-state index contributed by atoms with van der Waals surface area (Å²) in [4.78, 5) is 0. The molecule has 0 aromatic carbocycles. The Bertz CT molecular complexity index is 211. The van der Waals surface area contributed by atoms with Gasteiger partial charge in [0.1, 0.15) is 6.79 Å². The summed E-state index contributed by atoms with van der Waals surface area (Å²) in [6, 6.07) is 0. The van der Waals surface area contributed by atoms with Crippen molar-refractivity contribution in [3.05, 3.63) is 11.6 Å². The van der Waals surface area contributed by atoms with Crippen molar-refractivity contribution in [2.24, 2.45) is 0 Å². The zero-order valence-corrected chi connectivity index (χ0v) is 9.88. The Labute approximate surface area is 92.8 Å². The first-order chi connectivity index (χ1) is 6.37. The monoisotopic (exact) mass is 294 g/mol. The van der Waals surface area contributed by atoms with Gasteiger partial charge in [-0.25, -0.2) is 0 Å². The van der Waals surface area contributed by atoms with Crippen LogP contribution in [-0.4, -0.2) is 23.4 Å². The zero-order chi connectivity index (χ0) is 9.15. The van der Waals surface area contributed by atoms with Crippen molar-refractivity contribution in [3.8, 4) is 0 Å². The van der Waals surface area contributed by atoms with Gasteiger partial charge in [-0.3, -0.25) is 0 Å². The fourth-order valence-corrected chi connectivity index (χ4v) is 3.05. The van der Waals surface area contributed by atoms with E-state index in [0.717, 1.165) is 17.5 Å². The summed E-state index contributed by atoms with van der Waals surface area (Å²) in [5.41, 5.74) is 1.44. The summed E-state index contributed by atoms with van der Waals surface area (Å²) in [5, 5.41) is 0. The van der Waals surface area contributed by atoms with Crippen molar-refractivity contribution >= 4 is 22.6 Å². The van der Waals surface area contributed by atoms with Gasteiger partial charge in [-0.1, -0.05) is 28.7 Å². The largest absolute Gasteiger partial charge is 0.351 e. The number of fused-ring (bicyclic) bond motifs is 1. The average Bonchev–Trinajstić information content (AvgIpc) is 2.18. The van der Waals surface area contributed by atoms with E-state index in [1.54, 1.807) is 0 Å². The first-order valence-electron chi connectivity index (χ1n) is 4.84. The second-order valence-electron chi connectivity index (χ2n) is 3.67. The van der Waals surface area contributed by atoms with E-state index >= 15 is 0 Å². The normalized spacial score (nSPS) is 33.8. The second kappa shape index (κ2) is 4.28. The molecule has 0 radical (unpaired) electrons. The maximum absolute atomic E-state index is 5.81. The third-order valence-corrected chi connectivity index (χ3v) is 3.47. The Kier molecular flexibility index (Phi) is 3.26. The van der Waals surface area contributed by atoms with E-state index in [1.807, 2.05) is 0 Å². The minimum atomic E-state index is 0.0533. The smallest absolute Gasteiger partial charge is 0.148 e. The van der Waals surface area contributed by atoms with Crippen LogP contribution in [0.2, 0.25) is 0 Å². The zero-order valence-electron chi connectivity index (χ0n) is 7.72. The van der Waals surface area contributed by atoms with Crippen LogP contribution in [0.5, 0.6) is 0 Å². The lowest BCUT2D eigenvalue weighted by Crippen LogP contribution is -2.43. The van der Waals surface area contributed by atoms with Gasteiger partial charge in [-0.2, -0.15) is 0 Å². The lowest BCUT2D eigenvalue weighted by molar-refractivity contribution is -0.165. The van der Waals surface area contributed by atoms with Gasteiger partial charge in [0.15, 0.2) is 0 Å². The third kappa shape index (κ3) is 1.92. The minimum absolute atomic E-state index is 0.0533. The van der Waals surface area contributed by atoms with Crippen LogP contribution < -0.4 is 0 Å². The van der Waals surface area contributed by atoms with Crippen LogP contribution >= 0.6 is 22.6 Å². The Morgan fingerprint density at radius 1 is 1.54 bits per heavy atom. The van der Waals surface area contributed by atoms with Crippen molar-refractivity contribution in [2.45, 2.75) is 31.3 Å². The van der Waals surface area contributed by atoms with E-state index in [2.05, 4.69) is 28.7 Å². The quantitative estimate of drug-likeness (QED) is 0.443. The molecule has 0 spiro atoms. The maximum Gasteiger partial charge on any atom is 0.148 e. The molecule has 74 valence electrons. The van der Waals surface area contributed by atoms with Crippen molar-refractivity contribution in [2.75, 3.05) is 17.8 Å². The Balaban J connectivity index is 2.18. The third-order valence-electron chi connectivity index (χ3n) is 2.94. The summed E-state index contributed by atoms with van der Waals surface area (Å²) in [6.45, 7) is 1.27. The van der Waals surface area contributed by atoms with Gasteiger partial charge >= 0.3 is 0 Å². The molecule has 0 saturated carbocycles. The minimum Gasteiger partial charge on any atom is -0.351 e. The molecule has 2 nitrogen and oxygen atoms in total. The summed E-state index contributed by atoms with van der Waals surface area (Å²) in [6.07, 6.45) is 7.11. The average molecular weight is 294 g/mol. The van der Waals surface area contributed by atoms with Gasteiger partial charge in [0.05, 0.1) is 12.2 Å². The predicted octanol–water partition coefficient (Wildman–Crippen LogP) is 2.66. The summed E-state index contributed by atoms with van der Waals surface area (Å²) >= 11 is 2.43. The van der Waals surface area contributed by atoms with E-state index in [0.29, 0.717) is 6.79 Å². The molecule has 1 heterocycles. The second-order valence-corrected chi connectivity index (χ2v) is 4.74. The lowest BCUT2D eigenvalue weighted by atomic mass is 9.81. The van der Waals surface area contributed by atoms with E-state index in [4.69, 9.17) is 9.47 Å². The van der Waals surface area contributed by atoms with Crippen LogP contribution in [0.15, 0.2) is 11.6 Å². The molecule has 0 aromatic heterocycles. The SMILES string of the molecule is ICC[C@]12CCCC=C1COCO2. The van der Waals surface area contributed by atoms with Gasteiger partial charge < -0.3 is 9.47 Å². The fourth-order valence-electron chi connectivity index (χ4n) is 2.18. The highest BCUT2D eigenvalue weighted by molar-refractivity contribution is 14.1. The number of alkyl halides is 1. The van der Waals surface area contributed by atoms with Crippen molar-refractivity contribution in [1.29, 1.82) is 0 Å². The summed E-state index contributed by atoms with van der Waals surface area (Å²) in [7, 11) is 0. The van der Waals surface area contributed by atoms with Gasteiger partial charge in [-0.05, 0) is 31.3 Å². The Morgan fingerprint density at radius 3 is 3.31 bits per heavy atom. The fraction of sp³-hybridized carbons (Fsp3) is 0.800. The molecule has 0 N–H and O–H groups in total. The van der Waals surface area contributed by atoms with E-state index in [-0.39, 0.29) is 5.60 Å². The molecule has 0 bridgehead atoms. The molecule has 1 aliphatic carbocycles. The van der Waals surface area contributed by atoms with Crippen LogP contribution in [0.25, 0.3) is 0 Å². The van der Waals surface area contributed by atoms with Gasteiger partial charge in [0.25, 0.3) is 0 Å². The van der Waals surface area contributed by atoms with Gasteiger partial charge in [0.2, 0.25) is 0 Å². The molecule has 0 amide bonds. The first kappa shape index (κ1) is 9.93. The molecule has 1 aliphatic heterocycles. The molecule has 3 heteroatoms.